The van der Waals surface area contributed by atoms with Crippen LogP contribution in [0.5, 0.6) is 0 Å². The molecule has 4 nitrogen and oxygen atoms in total. The molecule has 0 amide bonds. The number of carbonyl (C=O) groups excluding carboxylic acids is 2. The van der Waals surface area contributed by atoms with Crippen molar-refractivity contribution in [3.8, 4) is 0 Å². The van der Waals surface area contributed by atoms with Crippen molar-refractivity contribution < 1.29 is 19.1 Å². The summed E-state index contributed by atoms with van der Waals surface area (Å²) in [6, 6.07) is 0. The highest BCUT2D eigenvalue weighted by Gasteiger charge is 2.74. The molecule has 0 radical (unpaired) electrons. The van der Waals surface area contributed by atoms with E-state index in [1.165, 1.54) is 7.11 Å². The minimum Gasteiger partial charge on any atom is -0.469 e. The van der Waals surface area contributed by atoms with Crippen LogP contribution >= 0.6 is 22.6 Å². The standard InChI is InChI=1S/C11H13IO4/c1-11-5-3-4(6(11)9(13)15-2)7(12)8(5)16-10(11)14/h4-8H,3H2,1-2H3/t4-,5+,6+,7-,8+,11+/m0/s1. The summed E-state index contributed by atoms with van der Waals surface area (Å²) in [6.07, 6.45) is 0.935. The van der Waals surface area contributed by atoms with E-state index in [0.717, 1.165) is 6.42 Å². The number of hydrogen-bond donors (Lipinski definition) is 0. The van der Waals surface area contributed by atoms with Gasteiger partial charge in [-0.2, -0.15) is 0 Å². The molecule has 16 heavy (non-hydrogen) atoms. The minimum absolute atomic E-state index is 0.0176. The maximum Gasteiger partial charge on any atom is 0.313 e. The SMILES string of the molecule is COC(=O)[C@H]1[C@@H]2C[C@@H]3[C@@H](OC(=O)[C@]31C)[C@H]2I. The number of fused-ring (bicyclic) bond motifs is 1. The molecule has 3 aliphatic rings. The summed E-state index contributed by atoms with van der Waals surface area (Å²) in [4.78, 5) is 23.8. The molecule has 0 spiro atoms. The first-order valence-electron chi connectivity index (χ1n) is 5.44. The number of rotatable bonds is 1. The van der Waals surface area contributed by atoms with Gasteiger partial charge >= 0.3 is 11.9 Å². The van der Waals surface area contributed by atoms with Gasteiger partial charge in [-0.1, -0.05) is 22.6 Å². The lowest BCUT2D eigenvalue weighted by Crippen LogP contribution is -2.45. The second-order valence-electron chi connectivity index (χ2n) is 5.10. The molecule has 1 heterocycles. The van der Waals surface area contributed by atoms with Crippen molar-refractivity contribution in [2.24, 2.45) is 23.2 Å². The van der Waals surface area contributed by atoms with Gasteiger partial charge in [-0.25, -0.2) is 0 Å². The number of alkyl halides is 1. The van der Waals surface area contributed by atoms with Crippen molar-refractivity contribution in [3.05, 3.63) is 0 Å². The van der Waals surface area contributed by atoms with Crippen LogP contribution < -0.4 is 0 Å². The summed E-state index contributed by atoms with van der Waals surface area (Å²) in [5.74, 6) is -0.334. The van der Waals surface area contributed by atoms with Crippen molar-refractivity contribution in [2.75, 3.05) is 7.11 Å². The number of ether oxygens (including phenoxy) is 2. The third-order valence-corrected chi connectivity index (χ3v) is 6.26. The first kappa shape index (κ1) is 10.8. The topological polar surface area (TPSA) is 52.6 Å². The Morgan fingerprint density at radius 1 is 1.62 bits per heavy atom. The van der Waals surface area contributed by atoms with Gasteiger partial charge in [0.25, 0.3) is 0 Å². The Balaban J connectivity index is 2.07. The molecule has 0 N–H and O–H groups in total. The maximum atomic E-state index is 12.0. The molecule has 3 rings (SSSR count). The van der Waals surface area contributed by atoms with Gasteiger partial charge in [0.15, 0.2) is 0 Å². The van der Waals surface area contributed by atoms with Crippen LogP contribution in [0.4, 0.5) is 0 Å². The van der Waals surface area contributed by atoms with Crippen LogP contribution in [0.15, 0.2) is 0 Å². The van der Waals surface area contributed by atoms with Gasteiger partial charge in [0.2, 0.25) is 0 Å². The van der Waals surface area contributed by atoms with E-state index in [-0.39, 0.29) is 39.7 Å². The van der Waals surface area contributed by atoms with Crippen molar-refractivity contribution in [2.45, 2.75) is 23.4 Å². The Kier molecular flexibility index (Phi) is 2.10. The number of hydrogen-bond acceptors (Lipinski definition) is 4. The number of esters is 2. The van der Waals surface area contributed by atoms with Crippen LogP contribution in [0, 0.1) is 23.2 Å². The lowest BCUT2D eigenvalue weighted by atomic mass is 9.68. The van der Waals surface area contributed by atoms with E-state index in [1.807, 2.05) is 6.92 Å². The summed E-state index contributed by atoms with van der Waals surface area (Å²) < 4.78 is 10.5. The monoisotopic (exact) mass is 336 g/mol. The van der Waals surface area contributed by atoms with Crippen LogP contribution in [0.1, 0.15) is 13.3 Å². The highest BCUT2D eigenvalue weighted by Crippen LogP contribution is 2.66. The largest absolute Gasteiger partial charge is 0.469 e. The van der Waals surface area contributed by atoms with Crippen LogP contribution in [0.25, 0.3) is 0 Å². The number of carbonyl (C=O) groups is 2. The molecule has 1 saturated heterocycles. The van der Waals surface area contributed by atoms with Gasteiger partial charge in [-0.15, -0.1) is 0 Å². The minimum atomic E-state index is -0.635. The summed E-state index contributed by atoms with van der Waals surface area (Å²) >= 11 is 2.31. The molecule has 0 aromatic heterocycles. The molecule has 0 aromatic rings. The summed E-state index contributed by atoms with van der Waals surface area (Å²) in [5.41, 5.74) is -0.635. The van der Waals surface area contributed by atoms with E-state index in [0.29, 0.717) is 0 Å². The fourth-order valence-corrected chi connectivity index (χ4v) is 5.18. The van der Waals surface area contributed by atoms with Gasteiger partial charge in [0.05, 0.1) is 22.4 Å². The first-order valence-corrected chi connectivity index (χ1v) is 6.69. The zero-order chi connectivity index (χ0) is 11.7. The molecule has 2 bridgehead atoms. The second kappa shape index (κ2) is 3.11. The predicted octanol–water partition coefficient (Wildman–Crippen LogP) is 1.16. The Hall–Kier alpha value is -0.330. The smallest absolute Gasteiger partial charge is 0.313 e. The third-order valence-electron chi connectivity index (χ3n) is 4.63. The second-order valence-corrected chi connectivity index (χ2v) is 6.54. The lowest BCUT2D eigenvalue weighted by Gasteiger charge is -2.33. The third kappa shape index (κ3) is 0.966. The average molecular weight is 336 g/mol. The van der Waals surface area contributed by atoms with E-state index in [9.17, 15) is 9.59 Å². The maximum absolute atomic E-state index is 12.0. The summed E-state index contributed by atoms with van der Waals surface area (Å²) in [6.45, 7) is 1.87. The Morgan fingerprint density at radius 2 is 2.31 bits per heavy atom. The molecule has 1 aliphatic heterocycles. The quantitative estimate of drug-likeness (QED) is 0.410. The van der Waals surface area contributed by atoms with Crippen molar-refractivity contribution in [1.82, 2.24) is 0 Å². The molecule has 5 heteroatoms. The van der Waals surface area contributed by atoms with Crippen molar-refractivity contribution in [3.63, 3.8) is 0 Å². The molecule has 0 unspecified atom stereocenters. The summed E-state index contributed by atoms with van der Waals surface area (Å²) in [7, 11) is 1.39. The summed E-state index contributed by atoms with van der Waals surface area (Å²) in [5, 5.41) is 0. The Morgan fingerprint density at radius 3 is 2.94 bits per heavy atom. The van der Waals surface area contributed by atoms with E-state index in [1.54, 1.807) is 0 Å². The molecule has 2 aliphatic carbocycles. The number of methoxy groups -OCH3 is 1. The van der Waals surface area contributed by atoms with E-state index in [4.69, 9.17) is 9.47 Å². The fraction of sp³-hybridized carbons (Fsp3) is 0.818. The van der Waals surface area contributed by atoms with E-state index in [2.05, 4.69) is 22.6 Å². The van der Waals surface area contributed by atoms with Gasteiger partial charge < -0.3 is 9.47 Å². The van der Waals surface area contributed by atoms with Gasteiger partial charge in [-0.05, 0) is 19.3 Å². The zero-order valence-electron chi connectivity index (χ0n) is 9.10. The Labute approximate surface area is 107 Å². The van der Waals surface area contributed by atoms with E-state index < -0.39 is 5.41 Å². The average Bonchev–Trinajstić information content (AvgIpc) is 2.79. The fourth-order valence-electron chi connectivity index (χ4n) is 3.83. The van der Waals surface area contributed by atoms with Gasteiger partial charge in [0, 0.05) is 5.92 Å². The molecular weight excluding hydrogens is 323 g/mol. The molecular formula is C11H13IO4. The van der Waals surface area contributed by atoms with Crippen LogP contribution in [0.2, 0.25) is 0 Å². The predicted molar refractivity (Wildman–Crippen MR) is 62.9 cm³/mol. The molecule has 88 valence electrons. The molecule has 0 aromatic carbocycles. The van der Waals surface area contributed by atoms with Crippen LogP contribution in [0.3, 0.4) is 0 Å². The normalized spacial score (nSPS) is 52.9. The highest BCUT2D eigenvalue weighted by atomic mass is 127. The van der Waals surface area contributed by atoms with Crippen LogP contribution in [-0.2, 0) is 19.1 Å². The molecule has 2 saturated carbocycles. The lowest BCUT2D eigenvalue weighted by molar-refractivity contribution is -0.159. The van der Waals surface area contributed by atoms with E-state index >= 15 is 0 Å². The van der Waals surface area contributed by atoms with Gasteiger partial charge in [-0.3, -0.25) is 9.59 Å². The Bertz CT molecular complexity index is 382. The molecule has 3 fully saturated rings. The van der Waals surface area contributed by atoms with Crippen molar-refractivity contribution in [1.29, 1.82) is 0 Å². The zero-order valence-corrected chi connectivity index (χ0v) is 11.3. The number of halogens is 1. The highest BCUT2D eigenvalue weighted by molar-refractivity contribution is 14.1. The van der Waals surface area contributed by atoms with Crippen molar-refractivity contribution >= 4 is 34.5 Å². The first-order chi connectivity index (χ1) is 7.51. The van der Waals surface area contributed by atoms with Crippen LogP contribution in [-0.4, -0.2) is 29.1 Å². The van der Waals surface area contributed by atoms with Gasteiger partial charge in [0.1, 0.15) is 6.10 Å². The molecule has 6 atom stereocenters.